The lowest BCUT2D eigenvalue weighted by molar-refractivity contribution is 0.00357. The molecule has 3 N–H and O–H groups in total. The van der Waals surface area contributed by atoms with Crippen molar-refractivity contribution >= 4 is 5.69 Å². The summed E-state index contributed by atoms with van der Waals surface area (Å²) >= 11 is 0. The Morgan fingerprint density at radius 1 is 1.44 bits per heavy atom. The molecular weight excluding hydrogens is 228 g/mol. The van der Waals surface area contributed by atoms with Gasteiger partial charge < -0.3 is 20.5 Å². The van der Waals surface area contributed by atoms with E-state index in [2.05, 4.69) is 36.1 Å². The fourth-order valence-electron chi connectivity index (χ4n) is 2.23. The molecule has 1 aliphatic rings. The third kappa shape index (κ3) is 3.02. The van der Waals surface area contributed by atoms with Crippen LogP contribution in [0.4, 0.5) is 5.69 Å². The smallest absolute Gasteiger partial charge is 0.0980 e. The van der Waals surface area contributed by atoms with E-state index in [0.717, 1.165) is 19.5 Å². The Labute approximate surface area is 108 Å². The number of rotatable bonds is 4. The SMILES string of the molecule is CCC(N)c1ccc(N2CCOC(CO)C2)cc1. The molecule has 0 saturated carbocycles. The Bertz CT molecular complexity index is 367. The van der Waals surface area contributed by atoms with Crippen molar-refractivity contribution in [3.05, 3.63) is 29.8 Å². The number of ether oxygens (including phenoxy) is 1. The highest BCUT2D eigenvalue weighted by atomic mass is 16.5. The van der Waals surface area contributed by atoms with Gasteiger partial charge in [-0.1, -0.05) is 19.1 Å². The zero-order chi connectivity index (χ0) is 13.0. The highest BCUT2D eigenvalue weighted by Crippen LogP contribution is 2.21. The zero-order valence-corrected chi connectivity index (χ0v) is 10.9. The maximum atomic E-state index is 9.14. The third-order valence-electron chi connectivity index (χ3n) is 3.47. The molecule has 4 nitrogen and oxygen atoms in total. The van der Waals surface area contributed by atoms with Crippen molar-refractivity contribution in [2.45, 2.75) is 25.5 Å². The van der Waals surface area contributed by atoms with E-state index in [-0.39, 0.29) is 18.8 Å². The minimum absolute atomic E-state index is 0.0728. The van der Waals surface area contributed by atoms with E-state index < -0.39 is 0 Å². The molecule has 1 aromatic rings. The summed E-state index contributed by atoms with van der Waals surface area (Å²) in [6.45, 7) is 4.45. The first-order chi connectivity index (χ1) is 8.74. The van der Waals surface area contributed by atoms with Crippen molar-refractivity contribution in [1.82, 2.24) is 0 Å². The van der Waals surface area contributed by atoms with Crippen molar-refractivity contribution in [1.29, 1.82) is 0 Å². The molecule has 18 heavy (non-hydrogen) atoms. The molecule has 1 aromatic carbocycles. The van der Waals surface area contributed by atoms with Gasteiger partial charge in [0.1, 0.15) is 0 Å². The molecule has 1 heterocycles. The Kier molecular flexibility index (Phi) is 4.58. The topological polar surface area (TPSA) is 58.7 Å². The maximum Gasteiger partial charge on any atom is 0.0980 e. The molecule has 0 bridgehead atoms. The Balaban J connectivity index is 2.04. The van der Waals surface area contributed by atoms with E-state index in [9.17, 15) is 0 Å². The van der Waals surface area contributed by atoms with Crippen LogP contribution in [0.5, 0.6) is 0 Å². The standard InChI is InChI=1S/C14H22N2O2/c1-2-14(15)11-3-5-12(6-4-11)16-7-8-18-13(9-16)10-17/h3-6,13-14,17H,2,7-10,15H2,1H3. The second kappa shape index (κ2) is 6.18. The Morgan fingerprint density at radius 2 is 2.17 bits per heavy atom. The second-order valence-electron chi connectivity index (χ2n) is 4.73. The van der Waals surface area contributed by atoms with Crippen molar-refractivity contribution < 1.29 is 9.84 Å². The number of hydrogen-bond donors (Lipinski definition) is 2. The number of hydrogen-bond acceptors (Lipinski definition) is 4. The summed E-state index contributed by atoms with van der Waals surface area (Å²) in [7, 11) is 0. The first kappa shape index (κ1) is 13.3. The molecular formula is C14H22N2O2. The minimum Gasteiger partial charge on any atom is -0.394 e. The summed E-state index contributed by atoms with van der Waals surface area (Å²) in [6.07, 6.45) is 0.875. The summed E-state index contributed by atoms with van der Waals surface area (Å²) < 4.78 is 5.45. The van der Waals surface area contributed by atoms with Gasteiger partial charge in [-0.2, -0.15) is 0 Å². The van der Waals surface area contributed by atoms with Gasteiger partial charge in [0.25, 0.3) is 0 Å². The summed E-state index contributed by atoms with van der Waals surface area (Å²) in [5.41, 5.74) is 8.34. The van der Waals surface area contributed by atoms with Gasteiger partial charge in [0.15, 0.2) is 0 Å². The predicted octanol–water partition coefficient (Wildman–Crippen LogP) is 1.29. The van der Waals surface area contributed by atoms with Crippen LogP contribution in [-0.4, -0.2) is 37.5 Å². The lowest BCUT2D eigenvalue weighted by Gasteiger charge is -2.33. The van der Waals surface area contributed by atoms with E-state index in [1.54, 1.807) is 0 Å². The summed E-state index contributed by atoms with van der Waals surface area (Å²) in [5.74, 6) is 0. The van der Waals surface area contributed by atoms with Crippen LogP contribution < -0.4 is 10.6 Å². The fourth-order valence-corrected chi connectivity index (χ4v) is 2.23. The molecule has 0 spiro atoms. The highest BCUT2D eigenvalue weighted by Gasteiger charge is 2.19. The average molecular weight is 250 g/mol. The number of aliphatic hydroxyl groups is 1. The molecule has 1 aliphatic heterocycles. The van der Waals surface area contributed by atoms with E-state index in [4.69, 9.17) is 15.6 Å². The van der Waals surface area contributed by atoms with Gasteiger partial charge in [-0.3, -0.25) is 0 Å². The number of anilines is 1. The average Bonchev–Trinajstić information content (AvgIpc) is 2.46. The van der Waals surface area contributed by atoms with Crippen LogP contribution in [0.2, 0.25) is 0 Å². The molecule has 4 heteroatoms. The van der Waals surface area contributed by atoms with Crippen LogP contribution >= 0.6 is 0 Å². The third-order valence-corrected chi connectivity index (χ3v) is 3.47. The van der Waals surface area contributed by atoms with Crippen molar-refractivity contribution in [2.75, 3.05) is 31.2 Å². The molecule has 0 aromatic heterocycles. The molecule has 2 unspecified atom stereocenters. The monoisotopic (exact) mass is 250 g/mol. The van der Waals surface area contributed by atoms with E-state index in [0.29, 0.717) is 6.61 Å². The number of aliphatic hydroxyl groups excluding tert-OH is 1. The predicted molar refractivity (Wildman–Crippen MR) is 72.7 cm³/mol. The van der Waals surface area contributed by atoms with Crippen LogP contribution in [0, 0.1) is 0 Å². The van der Waals surface area contributed by atoms with Gasteiger partial charge in [-0.05, 0) is 24.1 Å². The zero-order valence-electron chi connectivity index (χ0n) is 10.9. The molecule has 0 aliphatic carbocycles. The summed E-state index contributed by atoms with van der Waals surface area (Å²) in [4.78, 5) is 2.24. The fraction of sp³-hybridized carbons (Fsp3) is 0.571. The van der Waals surface area contributed by atoms with Gasteiger partial charge in [0, 0.05) is 24.8 Å². The Hall–Kier alpha value is -1.10. The molecule has 1 saturated heterocycles. The lowest BCUT2D eigenvalue weighted by atomic mass is 10.0. The summed E-state index contributed by atoms with van der Waals surface area (Å²) in [6, 6.07) is 8.50. The molecule has 2 rings (SSSR count). The van der Waals surface area contributed by atoms with Crippen LogP contribution in [0.25, 0.3) is 0 Å². The van der Waals surface area contributed by atoms with E-state index in [1.165, 1.54) is 11.3 Å². The van der Waals surface area contributed by atoms with Gasteiger partial charge in [-0.15, -0.1) is 0 Å². The largest absolute Gasteiger partial charge is 0.394 e. The second-order valence-corrected chi connectivity index (χ2v) is 4.73. The Morgan fingerprint density at radius 3 is 2.78 bits per heavy atom. The molecule has 0 radical (unpaired) electrons. The van der Waals surface area contributed by atoms with Gasteiger partial charge in [-0.25, -0.2) is 0 Å². The normalized spacial score (nSPS) is 21.9. The minimum atomic E-state index is -0.0728. The summed E-state index contributed by atoms with van der Waals surface area (Å²) in [5, 5.41) is 9.14. The van der Waals surface area contributed by atoms with E-state index >= 15 is 0 Å². The number of benzene rings is 1. The lowest BCUT2D eigenvalue weighted by Crippen LogP contribution is -2.44. The van der Waals surface area contributed by atoms with Crippen LogP contribution in [0.15, 0.2) is 24.3 Å². The van der Waals surface area contributed by atoms with Gasteiger partial charge in [0.05, 0.1) is 19.3 Å². The van der Waals surface area contributed by atoms with Crippen LogP contribution in [0.3, 0.4) is 0 Å². The molecule has 1 fully saturated rings. The van der Waals surface area contributed by atoms with Gasteiger partial charge >= 0.3 is 0 Å². The molecule has 2 atom stereocenters. The number of nitrogens with zero attached hydrogens (tertiary/aromatic N) is 1. The van der Waals surface area contributed by atoms with Crippen LogP contribution in [0.1, 0.15) is 24.9 Å². The quantitative estimate of drug-likeness (QED) is 0.845. The highest BCUT2D eigenvalue weighted by molar-refractivity contribution is 5.48. The van der Waals surface area contributed by atoms with Crippen molar-refractivity contribution in [3.8, 4) is 0 Å². The molecule has 100 valence electrons. The van der Waals surface area contributed by atoms with Crippen LogP contribution in [-0.2, 0) is 4.74 Å². The van der Waals surface area contributed by atoms with Crippen molar-refractivity contribution in [2.24, 2.45) is 5.73 Å². The van der Waals surface area contributed by atoms with Gasteiger partial charge in [0.2, 0.25) is 0 Å². The number of morpholine rings is 1. The maximum absolute atomic E-state index is 9.14. The van der Waals surface area contributed by atoms with E-state index in [1.807, 2.05) is 0 Å². The first-order valence-electron chi connectivity index (χ1n) is 6.57. The molecule has 0 amide bonds. The number of nitrogens with two attached hydrogens (primary N) is 1. The first-order valence-corrected chi connectivity index (χ1v) is 6.57. The van der Waals surface area contributed by atoms with Crippen molar-refractivity contribution in [3.63, 3.8) is 0 Å².